The van der Waals surface area contributed by atoms with Crippen LogP contribution >= 0.6 is 0 Å². The van der Waals surface area contributed by atoms with Gasteiger partial charge in [-0.15, -0.1) is 0 Å². The van der Waals surface area contributed by atoms with Crippen LogP contribution in [0, 0.1) is 6.92 Å². The van der Waals surface area contributed by atoms with Gasteiger partial charge in [-0.3, -0.25) is 4.79 Å². The van der Waals surface area contributed by atoms with E-state index in [1.807, 2.05) is 25.1 Å². The van der Waals surface area contributed by atoms with Crippen LogP contribution in [0.15, 0.2) is 53.3 Å². The molecule has 0 fully saturated rings. The molecule has 5 nitrogen and oxygen atoms in total. The number of hydrogen-bond donors (Lipinski definition) is 1. The van der Waals surface area contributed by atoms with Gasteiger partial charge < -0.3 is 14.5 Å². The van der Waals surface area contributed by atoms with Crippen LogP contribution in [0.5, 0.6) is 5.75 Å². The molecule has 122 valence electrons. The molecule has 0 aliphatic heterocycles. The van der Waals surface area contributed by atoms with Crippen LogP contribution < -0.4 is 10.3 Å². The molecule has 0 radical (unpaired) electrons. The van der Waals surface area contributed by atoms with E-state index in [2.05, 4.69) is 4.98 Å². The van der Waals surface area contributed by atoms with E-state index in [1.165, 1.54) is 7.11 Å². The zero-order valence-electron chi connectivity index (χ0n) is 13.5. The van der Waals surface area contributed by atoms with Crippen molar-refractivity contribution in [3.63, 3.8) is 0 Å². The summed E-state index contributed by atoms with van der Waals surface area (Å²) in [6.07, 6.45) is 0. The predicted molar refractivity (Wildman–Crippen MR) is 91.4 cm³/mol. The van der Waals surface area contributed by atoms with Crippen LogP contribution in [0.1, 0.15) is 21.5 Å². The van der Waals surface area contributed by atoms with Gasteiger partial charge in [-0.05, 0) is 42.1 Å². The minimum Gasteiger partial charge on any atom is -0.497 e. The summed E-state index contributed by atoms with van der Waals surface area (Å²) in [5.74, 6) is 0.0705. The number of esters is 1. The van der Waals surface area contributed by atoms with Crippen LogP contribution in [-0.4, -0.2) is 18.1 Å². The average Bonchev–Trinajstić information content (AvgIpc) is 2.60. The van der Waals surface area contributed by atoms with Crippen molar-refractivity contribution < 1.29 is 14.3 Å². The van der Waals surface area contributed by atoms with Crippen molar-refractivity contribution in [3.05, 3.63) is 75.6 Å². The molecule has 3 aromatic rings. The van der Waals surface area contributed by atoms with E-state index in [9.17, 15) is 9.59 Å². The lowest BCUT2D eigenvalue weighted by molar-refractivity contribution is 0.0471. The van der Waals surface area contributed by atoms with Crippen molar-refractivity contribution in [2.75, 3.05) is 7.11 Å². The number of hydrogen-bond acceptors (Lipinski definition) is 4. The number of rotatable bonds is 4. The fourth-order valence-electron chi connectivity index (χ4n) is 2.51. The van der Waals surface area contributed by atoms with E-state index in [1.54, 1.807) is 30.3 Å². The van der Waals surface area contributed by atoms with Crippen LogP contribution in [-0.2, 0) is 11.3 Å². The number of methoxy groups -OCH3 is 1. The number of fused-ring (bicyclic) bond motifs is 1. The van der Waals surface area contributed by atoms with Crippen molar-refractivity contribution in [3.8, 4) is 5.75 Å². The van der Waals surface area contributed by atoms with Crippen LogP contribution in [0.2, 0.25) is 0 Å². The third-order valence-corrected chi connectivity index (χ3v) is 3.83. The summed E-state index contributed by atoms with van der Waals surface area (Å²) in [5.41, 5.74) is 2.32. The summed E-state index contributed by atoms with van der Waals surface area (Å²) >= 11 is 0. The first-order valence-corrected chi connectivity index (χ1v) is 7.51. The van der Waals surface area contributed by atoms with Crippen molar-refractivity contribution in [2.24, 2.45) is 0 Å². The number of nitrogens with one attached hydrogen (secondary N) is 1. The molecule has 1 aromatic heterocycles. The highest BCUT2D eigenvalue weighted by Crippen LogP contribution is 2.16. The summed E-state index contributed by atoms with van der Waals surface area (Å²) in [5, 5.41) is 0.905. The van der Waals surface area contributed by atoms with Gasteiger partial charge in [-0.25, -0.2) is 4.79 Å². The topological polar surface area (TPSA) is 68.4 Å². The first kappa shape index (κ1) is 15.8. The molecule has 0 saturated heterocycles. The van der Waals surface area contributed by atoms with Gasteiger partial charge in [0.1, 0.15) is 12.4 Å². The van der Waals surface area contributed by atoms with Crippen molar-refractivity contribution >= 4 is 16.9 Å². The van der Waals surface area contributed by atoms with E-state index in [4.69, 9.17) is 9.47 Å². The molecule has 0 unspecified atom stereocenters. The number of carbonyl (C=O) groups is 1. The Morgan fingerprint density at radius 3 is 2.71 bits per heavy atom. The number of pyridine rings is 1. The largest absolute Gasteiger partial charge is 0.497 e. The molecular weight excluding hydrogens is 306 g/mol. The van der Waals surface area contributed by atoms with Gasteiger partial charge in [-0.2, -0.15) is 0 Å². The lowest BCUT2D eigenvalue weighted by atomic mass is 10.1. The number of para-hydroxylation sites is 1. The molecular formula is C19H17NO4. The highest BCUT2D eigenvalue weighted by Gasteiger charge is 2.11. The van der Waals surface area contributed by atoms with Crippen LogP contribution in [0.3, 0.4) is 0 Å². The molecule has 2 aromatic carbocycles. The minimum absolute atomic E-state index is 0.0880. The van der Waals surface area contributed by atoms with Gasteiger partial charge in [0.25, 0.3) is 5.56 Å². The Morgan fingerprint density at radius 1 is 1.12 bits per heavy atom. The number of aromatic amines is 1. The van der Waals surface area contributed by atoms with Crippen LogP contribution in [0.25, 0.3) is 10.9 Å². The number of aromatic nitrogens is 1. The first-order valence-electron chi connectivity index (χ1n) is 7.51. The van der Waals surface area contributed by atoms with E-state index in [0.717, 1.165) is 16.5 Å². The first-order chi connectivity index (χ1) is 11.6. The van der Waals surface area contributed by atoms with Gasteiger partial charge in [-0.1, -0.05) is 24.3 Å². The molecule has 0 amide bonds. The molecule has 0 saturated carbocycles. The van der Waals surface area contributed by atoms with Crippen molar-refractivity contribution in [1.29, 1.82) is 0 Å². The summed E-state index contributed by atoms with van der Waals surface area (Å²) in [6.45, 7) is 1.84. The molecule has 24 heavy (non-hydrogen) atoms. The van der Waals surface area contributed by atoms with Gasteiger partial charge in [0.05, 0.1) is 23.8 Å². The summed E-state index contributed by atoms with van der Waals surface area (Å²) in [7, 11) is 1.53. The molecule has 0 aliphatic rings. The maximum atomic E-state index is 12.2. The Labute approximate surface area is 138 Å². The van der Waals surface area contributed by atoms with Crippen LogP contribution in [0.4, 0.5) is 0 Å². The third-order valence-electron chi connectivity index (χ3n) is 3.83. The van der Waals surface area contributed by atoms with E-state index < -0.39 is 5.97 Å². The minimum atomic E-state index is -0.502. The number of carbonyl (C=O) groups excluding carboxylic acids is 1. The number of H-pyrrole nitrogens is 1. The number of ether oxygens (including phenoxy) is 2. The third kappa shape index (κ3) is 3.15. The maximum absolute atomic E-state index is 12.2. The van der Waals surface area contributed by atoms with E-state index in [0.29, 0.717) is 16.9 Å². The lowest BCUT2D eigenvalue weighted by Gasteiger charge is -2.08. The highest BCUT2D eigenvalue weighted by molar-refractivity contribution is 5.90. The zero-order valence-corrected chi connectivity index (χ0v) is 13.5. The number of benzene rings is 2. The average molecular weight is 323 g/mol. The molecule has 0 spiro atoms. The molecule has 1 heterocycles. The highest BCUT2D eigenvalue weighted by atomic mass is 16.5. The Morgan fingerprint density at radius 2 is 1.92 bits per heavy atom. The van der Waals surface area contributed by atoms with E-state index in [-0.39, 0.29) is 12.2 Å². The predicted octanol–water partition coefficient (Wildman–Crippen LogP) is 3.20. The zero-order chi connectivity index (χ0) is 17.1. The second-order valence-corrected chi connectivity index (χ2v) is 5.47. The Balaban J connectivity index is 1.81. The lowest BCUT2D eigenvalue weighted by Crippen LogP contribution is -2.16. The molecule has 1 N–H and O–H groups in total. The van der Waals surface area contributed by atoms with Crippen molar-refractivity contribution in [1.82, 2.24) is 4.98 Å². The SMILES string of the molecule is COc1cccc(C(=O)OCc2cc3cccc(C)c3[nH]c2=O)c1. The van der Waals surface area contributed by atoms with Crippen molar-refractivity contribution in [2.45, 2.75) is 13.5 Å². The fourth-order valence-corrected chi connectivity index (χ4v) is 2.51. The summed E-state index contributed by atoms with van der Waals surface area (Å²) in [6, 6.07) is 14.2. The smallest absolute Gasteiger partial charge is 0.338 e. The summed E-state index contributed by atoms with van der Waals surface area (Å²) in [4.78, 5) is 27.1. The Hall–Kier alpha value is -3.08. The second kappa shape index (κ2) is 6.58. The quantitative estimate of drug-likeness (QED) is 0.749. The van der Waals surface area contributed by atoms with Gasteiger partial charge in [0.2, 0.25) is 0 Å². The molecule has 0 atom stereocenters. The Kier molecular flexibility index (Phi) is 4.33. The number of aryl methyl sites for hydroxylation is 1. The standard InChI is InChI=1S/C19H17NO4/c1-12-5-3-6-13-9-15(18(21)20-17(12)13)11-24-19(22)14-7-4-8-16(10-14)23-2/h3-10H,11H2,1-2H3,(H,20,21). The summed E-state index contributed by atoms with van der Waals surface area (Å²) < 4.78 is 10.3. The molecule has 5 heteroatoms. The molecule has 3 rings (SSSR count). The van der Waals surface area contributed by atoms with Gasteiger partial charge in [0.15, 0.2) is 0 Å². The fraction of sp³-hybridized carbons (Fsp3) is 0.158. The van der Waals surface area contributed by atoms with Gasteiger partial charge in [0, 0.05) is 0 Å². The monoisotopic (exact) mass is 323 g/mol. The Bertz CT molecular complexity index is 959. The molecule has 0 aliphatic carbocycles. The maximum Gasteiger partial charge on any atom is 0.338 e. The molecule has 0 bridgehead atoms. The van der Waals surface area contributed by atoms with E-state index >= 15 is 0 Å². The second-order valence-electron chi connectivity index (χ2n) is 5.47. The van der Waals surface area contributed by atoms with Gasteiger partial charge >= 0.3 is 5.97 Å². The normalized spacial score (nSPS) is 10.6.